The number of benzene rings is 1. The lowest BCUT2D eigenvalue weighted by atomic mass is 9.92. The third-order valence-corrected chi connectivity index (χ3v) is 6.42. The summed E-state index contributed by atoms with van der Waals surface area (Å²) in [4.78, 5) is 24.1. The molecule has 0 unspecified atom stereocenters. The molecule has 2 aromatic rings. The van der Waals surface area contributed by atoms with Gasteiger partial charge in [-0.05, 0) is 51.0 Å². The van der Waals surface area contributed by atoms with Crippen molar-refractivity contribution in [2.24, 2.45) is 0 Å². The molecule has 0 radical (unpaired) electrons. The largest absolute Gasteiger partial charge is 0.351 e. The van der Waals surface area contributed by atoms with Crippen LogP contribution in [0.15, 0.2) is 29.2 Å². The van der Waals surface area contributed by atoms with E-state index in [9.17, 15) is 9.18 Å². The van der Waals surface area contributed by atoms with Crippen LogP contribution in [0.1, 0.15) is 25.5 Å². The van der Waals surface area contributed by atoms with Gasteiger partial charge in [-0.25, -0.2) is 9.37 Å². The van der Waals surface area contributed by atoms with E-state index in [2.05, 4.69) is 20.6 Å². The number of aryl methyl sites for hydroxylation is 1. The van der Waals surface area contributed by atoms with Gasteiger partial charge in [0.05, 0.1) is 5.69 Å². The lowest BCUT2D eigenvalue weighted by Gasteiger charge is -2.36. The van der Waals surface area contributed by atoms with Crippen LogP contribution >= 0.6 is 11.8 Å². The fraction of sp³-hybridized carbons (Fsp3) is 0.421. The second kappa shape index (κ2) is 6.99. The average Bonchev–Trinajstić information content (AvgIpc) is 2.61. The predicted octanol–water partition coefficient (Wildman–Crippen LogP) is 3.44. The average molecular weight is 387 g/mol. The maximum absolute atomic E-state index is 13.0. The van der Waals surface area contributed by atoms with Crippen LogP contribution in [-0.4, -0.2) is 40.3 Å². The van der Waals surface area contributed by atoms with Crippen molar-refractivity contribution in [3.05, 3.63) is 35.8 Å². The number of thioether (sulfide) groups is 1. The van der Waals surface area contributed by atoms with Crippen LogP contribution in [0.3, 0.4) is 0 Å². The first-order valence-electron chi connectivity index (χ1n) is 9.02. The minimum absolute atomic E-state index is 0.0444. The zero-order valence-corrected chi connectivity index (χ0v) is 16.3. The van der Waals surface area contributed by atoms with Crippen LogP contribution in [0, 0.1) is 12.7 Å². The zero-order chi connectivity index (χ0) is 19.1. The van der Waals surface area contributed by atoms with E-state index in [4.69, 9.17) is 0 Å². The summed E-state index contributed by atoms with van der Waals surface area (Å²) < 4.78 is 13.0. The van der Waals surface area contributed by atoms with E-state index in [1.165, 1.54) is 12.1 Å². The van der Waals surface area contributed by atoms with E-state index in [1.807, 2.05) is 37.9 Å². The molecule has 2 aliphatic rings. The number of hydrogen-bond acceptors (Lipinski definition) is 6. The highest BCUT2D eigenvalue weighted by molar-refractivity contribution is 8.00. The SMILES string of the molecule is Cc1nc(NC2CC(Sc3ccc(F)cc3)C2)nc2c1NC(=O)[C@H](C)N2C. The van der Waals surface area contributed by atoms with Crippen molar-refractivity contribution >= 4 is 35.1 Å². The molecule has 0 saturated heterocycles. The van der Waals surface area contributed by atoms with Crippen molar-refractivity contribution < 1.29 is 9.18 Å². The van der Waals surface area contributed by atoms with Gasteiger partial charge in [-0.3, -0.25) is 4.79 Å². The van der Waals surface area contributed by atoms with Gasteiger partial charge in [-0.2, -0.15) is 4.98 Å². The minimum Gasteiger partial charge on any atom is -0.351 e. The number of rotatable bonds is 4. The standard InChI is InChI=1S/C19H22FN5OS/c1-10-16-17(25(3)11(2)18(26)23-16)24-19(21-10)22-13-8-15(9-13)27-14-6-4-12(20)5-7-14/h4-7,11,13,15H,8-9H2,1-3H3,(H,23,26)(H,21,22,24)/t11-,13?,15?/m0/s1. The Morgan fingerprint density at radius 3 is 2.67 bits per heavy atom. The highest BCUT2D eigenvalue weighted by atomic mass is 32.2. The lowest BCUT2D eigenvalue weighted by molar-refractivity contribution is -0.117. The van der Waals surface area contributed by atoms with Crippen molar-refractivity contribution in [3.63, 3.8) is 0 Å². The molecule has 6 nitrogen and oxygen atoms in total. The molecule has 2 N–H and O–H groups in total. The molecule has 1 aromatic heterocycles. The van der Waals surface area contributed by atoms with E-state index in [0.29, 0.717) is 22.9 Å². The Bertz CT molecular complexity index is 869. The number of aromatic nitrogens is 2. The number of fused-ring (bicyclic) bond motifs is 1. The Morgan fingerprint density at radius 1 is 1.26 bits per heavy atom. The fourth-order valence-electron chi connectivity index (χ4n) is 3.28. The minimum atomic E-state index is -0.264. The number of nitrogens with one attached hydrogen (secondary N) is 2. The molecule has 1 aromatic carbocycles. The molecule has 142 valence electrons. The highest BCUT2D eigenvalue weighted by Gasteiger charge is 2.33. The summed E-state index contributed by atoms with van der Waals surface area (Å²) in [5, 5.41) is 6.81. The van der Waals surface area contributed by atoms with Gasteiger partial charge >= 0.3 is 0 Å². The summed E-state index contributed by atoms with van der Waals surface area (Å²) in [6.45, 7) is 3.73. The van der Waals surface area contributed by atoms with Gasteiger partial charge in [0.1, 0.15) is 17.5 Å². The van der Waals surface area contributed by atoms with Crippen LogP contribution in [0.2, 0.25) is 0 Å². The van der Waals surface area contributed by atoms with Gasteiger partial charge in [0.15, 0.2) is 5.82 Å². The third-order valence-electron chi connectivity index (χ3n) is 5.16. The lowest BCUT2D eigenvalue weighted by Crippen LogP contribution is -2.45. The van der Waals surface area contributed by atoms with Crippen molar-refractivity contribution in [1.82, 2.24) is 9.97 Å². The Kier molecular flexibility index (Phi) is 4.67. The first-order chi connectivity index (χ1) is 12.9. The molecule has 27 heavy (non-hydrogen) atoms. The van der Waals surface area contributed by atoms with Gasteiger partial charge in [0.2, 0.25) is 11.9 Å². The molecule has 4 rings (SSSR count). The van der Waals surface area contributed by atoms with Gasteiger partial charge in [0, 0.05) is 23.2 Å². The maximum Gasteiger partial charge on any atom is 0.246 e. The van der Waals surface area contributed by atoms with Gasteiger partial charge in [0.25, 0.3) is 0 Å². The first kappa shape index (κ1) is 18.0. The van der Waals surface area contributed by atoms with E-state index >= 15 is 0 Å². The Morgan fingerprint density at radius 2 is 1.96 bits per heavy atom. The number of carbonyl (C=O) groups excluding carboxylic acids is 1. The molecular weight excluding hydrogens is 365 g/mol. The first-order valence-corrected chi connectivity index (χ1v) is 9.90. The molecule has 1 amide bonds. The molecule has 1 saturated carbocycles. The van der Waals surface area contributed by atoms with Gasteiger partial charge < -0.3 is 15.5 Å². The number of carbonyl (C=O) groups is 1. The monoisotopic (exact) mass is 387 g/mol. The van der Waals surface area contributed by atoms with Crippen LogP contribution in [0.5, 0.6) is 0 Å². The summed E-state index contributed by atoms with van der Waals surface area (Å²) >= 11 is 1.78. The second-order valence-corrected chi connectivity index (χ2v) is 8.49. The van der Waals surface area contributed by atoms with Crippen LogP contribution in [-0.2, 0) is 4.79 Å². The summed E-state index contributed by atoms with van der Waals surface area (Å²) in [7, 11) is 1.87. The number of hydrogen-bond donors (Lipinski definition) is 2. The van der Waals surface area contributed by atoms with E-state index in [1.54, 1.807) is 11.8 Å². The number of likely N-dealkylation sites (N-methyl/N-ethyl adjacent to an activating group) is 1. The van der Waals surface area contributed by atoms with Crippen LogP contribution in [0.25, 0.3) is 0 Å². The molecule has 0 spiro atoms. The number of nitrogens with zero attached hydrogens (tertiary/aromatic N) is 3. The van der Waals surface area contributed by atoms with Crippen LogP contribution < -0.4 is 15.5 Å². The molecule has 1 atom stereocenters. The number of amides is 1. The molecular formula is C19H22FN5OS. The van der Waals surface area contributed by atoms with Crippen LogP contribution in [0.4, 0.5) is 21.8 Å². The molecule has 8 heteroatoms. The molecule has 0 bridgehead atoms. The van der Waals surface area contributed by atoms with Crippen molar-refractivity contribution in [2.75, 3.05) is 22.6 Å². The molecule has 1 fully saturated rings. The molecule has 1 aliphatic carbocycles. The quantitative estimate of drug-likeness (QED) is 0.838. The smallest absolute Gasteiger partial charge is 0.246 e. The van der Waals surface area contributed by atoms with Crippen molar-refractivity contribution in [3.8, 4) is 0 Å². The fourth-order valence-corrected chi connectivity index (χ4v) is 4.61. The number of halogens is 1. The van der Waals surface area contributed by atoms with E-state index in [0.717, 1.165) is 29.2 Å². The summed E-state index contributed by atoms with van der Waals surface area (Å²) in [5.41, 5.74) is 1.44. The van der Waals surface area contributed by atoms with Crippen molar-refractivity contribution in [2.45, 2.75) is 48.9 Å². The Balaban J connectivity index is 1.39. The van der Waals surface area contributed by atoms with Crippen molar-refractivity contribution in [1.29, 1.82) is 0 Å². The summed E-state index contributed by atoms with van der Waals surface area (Å²) in [6.07, 6.45) is 2.01. The highest BCUT2D eigenvalue weighted by Crippen LogP contribution is 2.38. The van der Waals surface area contributed by atoms with E-state index in [-0.39, 0.29) is 17.8 Å². The topological polar surface area (TPSA) is 70.1 Å². The second-order valence-electron chi connectivity index (χ2n) is 7.11. The Hall–Kier alpha value is -2.35. The predicted molar refractivity (Wildman–Crippen MR) is 106 cm³/mol. The summed E-state index contributed by atoms with van der Waals surface area (Å²) in [5.74, 6) is 1.09. The van der Waals surface area contributed by atoms with E-state index < -0.39 is 0 Å². The number of anilines is 3. The zero-order valence-electron chi connectivity index (χ0n) is 15.5. The van der Waals surface area contributed by atoms with Gasteiger partial charge in [-0.15, -0.1) is 11.8 Å². The summed E-state index contributed by atoms with van der Waals surface area (Å²) in [6, 6.07) is 6.69. The third kappa shape index (κ3) is 3.58. The Labute approximate surface area is 162 Å². The maximum atomic E-state index is 13.0. The normalized spacial score (nSPS) is 24.1. The molecule has 2 heterocycles. The van der Waals surface area contributed by atoms with Gasteiger partial charge in [-0.1, -0.05) is 0 Å². The molecule has 1 aliphatic heterocycles.